The molecule has 0 N–H and O–H groups in total. The molecular formula is C52H102Ge2S2Si8. The summed E-state index contributed by atoms with van der Waals surface area (Å²) in [5.41, 5.74) is 10.9. The number of allylic oxidation sites excluding steroid dienone is 2. The Morgan fingerprint density at radius 1 is 0.328 bits per heavy atom. The molecule has 0 aromatic heterocycles. The van der Waals surface area contributed by atoms with Crippen molar-refractivity contribution in [2.24, 2.45) is 0 Å². The van der Waals surface area contributed by atoms with Gasteiger partial charge in [-0.2, -0.15) is 0 Å². The van der Waals surface area contributed by atoms with E-state index in [1.807, 2.05) is 31.0 Å². The van der Waals surface area contributed by atoms with Gasteiger partial charge in [0.1, 0.15) is 0 Å². The van der Waals surface area contributed by atoms with E-state index in [0.717, 1.165) is 20.7 Å². The zero-order valence-corrected chi connectivity index (χ0v) is 61.6. The maximum atomic E-state index is 2.96. The van der Waals surface area contributed by atoms with Crippen LogP contribution in [-0.4, -0.2) is 86.6 Å². The van der Waals surface area contributed by atoms with E-state index >= 15 is 0 Å². The van der Waals surface area contributed by atoms with Gasteiger partial charge in [0, 0.05) is 0 Å². The molecule has 0 unspecified atom stereocenters. The number of hydrogen-bond acceptors (Lipinski definition) is 2. The van der Waals surface area contributed by atoms with Gasteiger partial charge < -0.3 is 0 Å². The van der Waals surface area contributed by atoms with Crippen LogP contribution in [-0.2, 0) is 10.8 Å². The fourth-order valence-corrected chi connectivity index (χ4v) is 181. The molecule has 0 nitrogen and oxygen atoms in total. The quantitative estimate of drug-likeness (QED) is 0.173. The van der Waals surface area contributed by atoms with E-state index in [9.17, 15) is 0 Å². The molecule has 0 spiro atoms. The van der Waals surface area contributed by atoms with Crippen molar-refractivity contribution in [1.82, 2.24) is 0 Å². The van der Waals surface area contributed by atoms with Gasteiger partial charge >= 0.3 is 422 Å². The summed E-state index contributed by atoms with van der Waals surface area (Å²) in [5.74, 6) is 0. The number of benzene rings is 2. The van der Waals surface area contributed by atoms with Gasteiger partial charge in [0.05, 0.1) is 0 Å². The van der Waals surface area contributed by atoms with E-state index in [-0.39, 0.29) is 10.8 Å². The molecule has 3 aliphatic heterocycles. The minimum absolute atomic E-state index is 0.103. The van der Waals surface area contributed by atoms with Gasteiger partial charge in [0.25, 0.3) is 0 Å². The van der Waals surface area contributed by atoms with Crippen LogP contribution in [0.15, 0.2) is 46.2 Å². The van der Waals surface area contributed by atoms with Crippen molar-refractivity contribution in [3.8, 4) is 0 Å². The van der Waals surface area contributed by atoms with Crippen molar-refractivity contribution in [1.29, 1.82) is 0 Å². The van der Waals surface area contributed by atoms with Gasteiger partial charge in [-0.05, 0) is 0 Å². The molecule has 0 atom stereocenters. The molecule has 362 valence electrons. The first-order chi connectivity index (χ1) is 28.0. The fourth-order valence-electron chi connectivity index (χ4n) is 14.2. The summed E-state index contributed by atoms with van der Waals surface area (Å²) < 4.78 is 3.98. The van der Waals surface area contributed by atoms with Crippen molar-refractivity contribution in [2.75, 3.05) is 0 Å². The first kappa shape index (κ1) is 58.0. The van der Waals surface area contributed by atoms with Crippen molar-refractivity contribution < 1.29 is 0 Å². The Hall–Kier alpha value is 1.44. The van der Waals surface area contributed by atoms with E-state index in [1.54, 1.807) is 11.1 Å². The molecule has 1 saturated heterocycles. The summed E-state index contributed by atoms with van der Waals surface area (Å²) in [5, 5.41) is 2.88. The standard InChI is InChI=1S/C52H102Ge2S2Si8/c1-51(2,3)39-35-41(47(57(7,8)9)58(10,11)12)45(42(36-39)48(59(13,14)15)60(16,17)18)53-33-31-32-34-54(55-53,56-53)46-43(49(61(19,20)21)62(22,23)24)37-40(52(4,5)6)38-44(46)50(63(25,26)27)64(28,29)30/h31-38,47-50H,1-30H3. The Morgan fingerprint density at radius 2 is 0.500 bits per heavy atom. The van der Waals surface area contributed by atoms with Crippen molar-refractivity contribution in [3.05, 3.63) is 79.6 Å². The Bertz CT molecular complexity index is 1790. The molecule has 5 rings (SSSR count). The van der Waals surface area contributed by atoms with Crippen molar-refractivity contribution in [2.45, 2.75) is 230 Å². The van der Waals surface area contributed by atoms with Crippen LogP contribution in [0.3, 0.4) is 0 Å². The van der Waals surface area contributed by atoms with Crippen molar-refractivity contribution >= 4 is 112 Å². The topological polar surface area (TPSA) is 0 Å². The van der Waals surface area contributed by atoms with E-state index in [1.165, 1.54) is 0 Å². The number of hydrogen-bond donors (Lipinski definition) is 0. The Kier molecular flexibility index (Phi) is 16.5. The number of rotatable bonds is 14. The van der Waals surface area contributed by atoms with Crippen LogP contribution in [0.25, 0.3) is 0 Å². The maximum absolute atomic E-state index is 3.11. The van der Waals surface area contributed by atoms with Crippen LogP contribution >= 0.6 is 16.8 Å². The second kappa shape index (κ2) is 18.2. The van der Waals surface area contributed by atoms with Gasteiger partial charge in [-0.25, -0.2) is 0 Å². The Balaban J connectivity index is 2.39. The predicted octanol–water partition coefficient (Wildman–Crippen LogP) is 17.3. The zero-order valence-electron chi connectivity index (χ0n) is 47.7. The van der Waals surface area contributed by atoms with Gasteiger partial charge in [-0.3, -0.25) is 0 Å². The van der Waals surface area contributed by atoms with Gasteiger partial charge in [0.15, 0.2) is 0 Å². The second-order valence-corrected chi connectivity index (χ2v) is 118. The average Bonchev–Trinajstić information content (AvgIpc) is 3.25. The molecule has 3 aliphatic rings. The molecule has 2 aromatic rings. The molecular weight excluding hydrogens is 1060 g/mol. The molecule has 1 fully saturated rings. The van der Waals surface area contributed by atoms with Gasteiger partial charge in [-0.15, -0.1) is 0 Å². The van der Waals surface area contributed by atoms with Crippen LogP contribution in [0.1, 0.15) is 95.6 Å². The number of fused-ring (bicyclic) bond motifs is 1. The summed E-state index contributed by atoms with van der Waals surface area (Å²) >= 11 is 0. The van der Waals surface area contributed by atoms with Crippen LogP contribution in [0, 0.1) is 0 Å². The monoisotopic (exact) mass is 1160 g/mol. The zero-order chi connectivity index (χ0) is 50.0. The third kappa shape index (κ3) is 12.2. The normalized spacial score (nSPS) is 21.1. The van der Waals surface area contributed by atoms with Gasteiger partial charge in [0.2, 0.25) is 0 Å². The molecule has 2 bridgehead atoms. The summed E-state index contributed by atoms with van der Waals surface area (Å²) in [7, 11) is -14.0. The van der Waals surface area contributed by atoms with Crippen LogP contribution in [0.2, 0.25) is 157 Å². The summed E-state index contributed by atoms with van der Waals surface area (Å²) in [6.07, 6.45) is 5.29. The molecule has 0 radical (unpaired) electrons. The molecule has 2 aromatic carbocycles. The SMILES string of the molecule is CC(C)(C)c1cc(C([Si](C)(C)C)[Si](C)(C)C)[c]([Ge]23[CH]=CC=[CH][Ge]([c]4c(C([Si](C)(C)C)[Si](C)(C)C)cc(C(C)(C)C)cc4C([Si](C)(C)C)[Si](C)(C)C)([S]2)[S]3)c(C([Si](C)(C)C)[Si](C)(C)C)c1. The van der Waals surface area contributed by atoms with E-state index in [2.05, 4.69) is 262 Å². The Morgan fingerprint density at radius 3 is 0.641 bits per heavy atom. The van der Waals surface area contributed by atoms with Crippen LogP contribution in [0.5, 0.6) is 0 Å². The first-order valence-electron chi connectivity index (χ1n) is 25.2. The van der Waals surface area contributed by atoms with Gasteiger partial charge in [-0.1, -0.05) is 0 Å². The summed E-state index contributed by atoms with van der Waals surface area (Å²) in [6.45, 7) is 80.9. The summed E-state index contributed by atoms with van der Waals surface area (Å²) in [4.78, 5) is 5.93. The third-order valence-electron chi connectivity index (χ3n) is 14.3. The summed E-state index contributed by atoms with van der Waals surface area (Å²) in [6, 6.07) is 11.6. The molecule has 0 aliphatic carbocycles. The van der Waals surface area contributed by atoms with E-state index < -0.39 is 86.6 Å². The van der Waals surface area contributed by atoms with Crippen molar-refractivity contribution in [3.63, 3.8) is 0 Å². The fraction of sp³-hybridized carbons (Fsp3) is 0.692. The average molecular weight is 1160 g/mol. The third-order valence-corrected chi connectivity index (χ3v) is 142. The molecule has 0 amide bonds. The van der Waals surface area contributed by atoms with E-state index in [0.29, 0.717) is 0 Å². The van der Waals surface area contributed by atoms with E-state index in [4.69, 9.17) is 0 Å². The Labute approximate surface area is 417 Å². The molecule has 64 heavy (non-hydrogen) atoms. The molecule has 0 saturated carbocycles. The van der Waals surface area contributed by atoms with Crippen LogP contribution < -0.4 is 8.79 Å². The predicted molar refractivity (Wildman–Crippen MR) is 332 cm³/mol. The first-order valence-corrected chi connectivity index (χ1v) is 70.2. The molecule has 3 heterocycles. The second-order valence-electron chi connectivity index (χ2n) is 31.5. The van der Waals surface area contributed by atoms with Crippen LogP contribution in [0.4, 0.5) is 0 Å². The molecule has 12 heteroatoms. The minimum atomic E-state index is -3.11.